The molecule has 0 saturated carbocycles. The maximum absolute atomic E-state index is 14.2. The number of anilines is 3. The summed E-state index contributed by atoms with van der Waals surface area (Å²) >= 11 is 0. The van der Waals surface area contributed by atoms with Crippen molar-refractivity contribution in [2.24, 2.45) is 0 Å². The van der Waals surface area contributed by atoms with E-state index in [1.165, 1.54) is 24.4 Å². The molecule has 0 spiro atoms. The van der Waals surface area contributed by atoms with Crippen LogP contribution in [0.2, 0.25) is 0 Å². The van der Waals surface area contributed by atoms with Crippen molar-refractivity contribution in [3.63, 3.8) is 0 Å². The summed E-state index contributed by atoms with van der Waals surface area (Å²) in [6, 6.07) is 8.49. The third kappa shape index (κ3) is 4.73. The molecule has 9 heteroatoms. The molecular formula is C19H17F4N5. The van der Waals surface area contributed by atoms with Gasteiger partial charge in [0.15, 0.2) is 5.82 Å². The van der Waals surface area contributed by atoms with Crippen molar-refractivity contribution in [2.45, 2.75) is 26.1 Å². The number of benzene rings is 1. The molecule has 1 aromatic carbocycles. The number of hydrogen-bond donors (Lipinski definition) is 2. The molecule has 0 aliphatic rings. The van der Waals surface area contributed by atoms with Gasteiger partial charge in [-0.2, -0.15) is 13.2 Å². The molecule has 3 aromatic rings. The van der Waals surface area contributed by atoms with E-state index in [2.05, 4.69) is 25.6 Å². The Bertz CT molecular complexity index is 973. The molecular weight excluding hydrogens is 374 g/mol. The van der Waals surface area contributed by atoms with E-state index in [4.69, 9.17) is 0 Å². The summed E-state index contributed by atoms with van der Waals surface area (Å²) in [7, 11) is 0. The molecule has 2 heterocycles. The molecule has 2 N–H and O–H groups in total. The summed E-state index contributed by atoms with van der Waals surface area (Å²) in [5.74, 6) is 0.213. The minimum Gasteiger partial charge on any atom is -0.368 e. The van der Waals surface area contributed by atoms with E-state index in [1.54, 1.807) is 12.1 Å². The number of hydrogen-bond acceptors (Lipinski definition) is 5. The molecule has 0 fully saturated rings. The van der Waals surface area contributed by atoms with Gasteiger partial charge in [0.25, 0.3) is 0 Å². The smallest absolute Gasteiger partial charge is 0.368 e. The van der Waals surface area contributed by atoms with Gasteiger partial charge in [-0.15, -0.1) is 0 Å². The summed E-state index contributed by atoms with van der Waals surface area (Å²) in [5, 5.41) is 5.87. The highest BCUT2D eigenvalue weighted by Crippen LogP contribution is 2.31. The van der Waals surface area contributed by atoms with Crippen LogP contribution in [0.1, 0.15) is 19.4 Å². The van der Waals surface area contributed by atoms with Crippen molar-refractivity contribution in [3.05, 3.63) is 60.2 Å². The van der Waals surface area contributed by atoms with Gasteiger partial charge in [-0.25, -0.2) is 14.4 Å². The molecule has 5 nitrogen and oxygen atoms in total. The minimum atomic E-state index is -4.51. The van der Waals surface area contributed by atoms with Crippen LogP contribution in [0.15, 0.2) is 48.8 Å². The van der Waals surface area contributed by atoms with E-state index in [9.17, 15) is 17.6 Å². The average Bonchev–Trinajstić information content (AvgIpc) is 2.61. The molecule has 0 aliphatic heterocycles. The van der Waals surface area contributed by atoms with Crippen LogP contribution in [-0.4, -0.2) is 21.0 Å². The van der Waals surface area contributed by atoms with Gasteiger partial charge in [0.2, 0.25) is 0 Å². The molecule has 28 heavy (non-hydrogen) atoms. The lowest BCUT2D eigenvalue weighted by atomic mass is 10.2. The minimum absolute atomic E-state index is 0.0337. The fourth-order valence-electron chi connectivity index (χ4n) is 2.46. The summed E-state index contributed by atoms with van der Waals surface area (Å²) in [4.78, 5) is 12.2. The van der Waals surface area contributed by atoms with Gasteiger partial charge in [0.05, 0.1) is 23.0 Å². The number of halogens is 4. The maximum atomic E-state index is 14.2. The van der Waals surface area contributed by atoms with E-state index < -0.39 is 17.6 Å². The van der Waals surface area contributed by atoms with Crippen LogP contribution < -0.4 is 10.6 Å². The van der Waals surface area contributed by atoms with Gasteiger partial charge >= 0.3 is 6.18 Å². The van der Waals surface area contributed by atoms with Crippen LogP contribution in [0, 0.1) is 5.82 Å². The van der Waals surface area contributed by atoms with Gasteiger partial charge < -0.3 is 10.6 Å². The van der Waals surface area contributed by atoms with Gasteiger partial charge in [0, 0.05) is 18.3 Å². The maximum Gasteiger partial charge on any atom is 0.417 e. The monoisotopic (exact) mass is 391 g/mol. The second-order valence-corrected chi connectivity index (χ2v) is 6.33. The van der Waals surface area contributed by atoms with Crippen LogP contribution in [0.5, 0.6) is 0 Å². The van der Waals surface area contributed by atoms with Crippen LogP contribution >= 0.6 is 0 Å². The zero-order valence-electron chi connectivity index (χ0n) is 15.0. The number of nitrogens with zero attached hydrogens (tertiary/aromatic N) is 3. The third-order valence-corrected chi connectivity index (χ3v) is 3.62. The first-order chi connectivity index (χ1) is 13.2. The average molecular weight is 391 g/mol. The molecule has 3 rings (SSSR count). The van der Waals surface area contributed by atoms with Crippen molar-refractivity contribution >= 4 is 17.3 Å². The lowest BCUT2D eigenvalue weighted by Gasteiger charge is -2.14. The molecule has 0 radical (unpaired) electrons. The fourth-order valence-corrected chi connectivity index (χ4v) is 2.46. The quantitative estimate of drug-likeness (QED) is 0.581. The predicted molar refractivity (Wildman–Crippen MR) is 98.7 cm³/mol. The van der Waals surface area contributed by atoms with Crippen LogP contribution in [0.4, 0.5) is 34.9 Å². The Balaban J connectivity index is 2.01. The van der Waals surface area contributed by atoms with Crippen LogP contribution in [0.3, 0.4) is 0 Å². The number of alkyl halides is 3. The SMILES string of the molecule is CC(C)Nc1cc(Nc2cncc(C(F)(F)F)c2)nc(-c2ccccc2F)n1. The fraction of sp³-hybridized carbons (Fsp3) is 0.211. The van der Waals surface area contributed by atoms with Crippen LogP contribution in [-0.2, 0) is 6.18 Å². The Morgan fingerprint density at radius 2 is 1.68 bits per heavy atom. The highest BCUT2D eigenvalue weighted by Gasteiger charge is 2.31. The molecule has 0 unspecified atom stereocenters. The van der Waals surface area contributed by atoms with Gasteiger partial charge in [-0.05, 0) is 32.0 Å². The Morgan fingerprint density at radius 3 is 2.36 bits per heavy atom. The summed E-state index contributed by atoms with van der Waals surface area (Å²) in [5.41, 5.74) is -0.606. The lowest BCUT2D eigenvalue weighted by molar-refractivity contribution is -0.137. The van der Waals surface area contributed by atoms with E-state index in [0.717, 1.165) is 12.3 Å². The molecule has 2 aromatic heterocycles. The predicted octanol–water partition coefficient (Wildman–Crippen LogP) is 5.26. The second kappa shape index (κ2) is 7.79. The molecule has 0 bridgehead atoms. The summed E-state index contributed by atoms with van der Waals surface area (Å²) in [6.45, 7) is 3.80. The molecule has 0 saturated heterocycles. The highest BCUT2D eigenvalue weighted by molar-refractivity contribution is 5.65. The zero-order valence-corrected chi connectivity index (χ0v) is 15.0. The Labute approximate surface area is 158 Å². The Morgan fingerprint density at radius 1 is 0.964 bits per heavy atom. The molecule has 0 amide bonds. The van der Waals surface area contributed by atoms with Crippen molar-refractivity contribution in [1.29, 1.82) is 0 Å². The van der Waals surface area contributed by atoms with E-state index in [-0.39, 0.29) is 28.9 Å². The van der Waals surface area contributed by atoms with Gasteiger partial charge in [-0.3, -0.25) is 4.98 Å². The van der Waals surface area contributed by atoms with E-state index in [0.29, 0.717) is 5.82 Å². The Kier molecular flexibility index (Phi) is 5.43. The van der Waals surface area contributed by atoms with Gasteiger partial charge in [0.1, 0.15) is 17.5 Å². The summed E-state index contributed by atoms with van der Waals surface area (Å²) in [6.07, 6.45) is -2.53. The number of aromatic nitrogens is 3. The normalized spacial score (nSPS) is 11.5. The summed E-state index contributed by atoms with van der Waals surface area (Å²) < 4.78 is 52.9. The van der Waals surface area contributed by atoms with Crippen LogP contribution in [0.25, 0.3) is 11.4 Å². The van der Waals surface area contributed by atoms with E-state index >= 15 is 0 Å². The van der Waals surface area contributed by atoms with Crippen molar-refractivity contribution in [1.82, 2.24) is 15.0 Å². The zero-order chi connectivity index (χ0) is 20.3. The second-order valence-electron chi connectivity index (χ2n) is 6.33. The molecule has 0 atom stereocenters. The Hall–Kier alpha value is -3.23. The first kappa shape index (κ1) is 19.5. The highest BCUT2D eigenvalue weighted by atomic mass is 19.4. The number of rotatable bonds is 5. The van der Waals surface area contributed by atoms with Gasteiger partial charge in [-0.1, -0.05) is 12.1 Å². The largest absolute Gasteiger partial charge is 0.417 e. The first-order valence-electron chi connectivity index (χ1n) is 8.42. The molecule has 0 aliphatic carbocycles. The third-order valence-electron chi connectivity index (χ3n) is 3.62. The topological polar surface area (TPSA) is 62.7 Å². The lowest BCUT2D eigenvalue weighted by Crippen LogP contribution is -2.12. The van der Waals surface area contributed by atoms with E-state index in [1.807, 2.05) is 13.8 Å². The number of pyridine rings is 1. The molecule has 146 valence electrons. The van der Waals surface area contributed by atoms with Crippen molar-refractivity contribution in [3.8, 4) is 11.4 Å². The first-order valence-corrected chi connectivity index (χ1v) is 8.42. The van der Waals surface area contributed by atoms with Crippen molar-refractivity contribution in [2.75, 3.05) is 10.6 Å². The van der Waals surface area contributed by atoms with Crippen molar-refractivity contribution < 1.29 is 17.6 Å². The number of nitrogens with one attached hydrogen (secondary N) is 2. The standard InChI is InChI=1S/C19H17F4N5/c1-11(2)25-16-8-17(26-13-7-12(9-24-10-13)19(21,22)23)28-18(27-16)14-5-3-4-6-15(14)20/h3-11H,1-2H3,(H2,25,26,27,28).